The maximum absolute atomic E-state index is 15.1. The Morgan fingerprint density at radius 2 is 0.927 bits per heavy atom. The average Bonchev–Trinajstić information content (AvgIpc) is 3.41. The molecule has 0 aliphatic rings. The third-order valence-corrected chi connectivity index (χ3v) is 11.2. The molecule has 7 aromatic carbocycles. The molecule has 0 bridgehead atoms. The van der Waals surface area contributed by atoms with Gasteiger partial charge in [-0.05, 0) is 69.1 Å². The Bertz CT molecular complexity index is 2180. The molecule has 0 fully saturated rings. The molecule has 0 aliphatic heterocycles. The summed E-state index contributed by atoms with van der Waals surface area (Å²) >= 11 is 0. The van der Waals surface area contributed by atoms with Gasteiger partial charge in [-0.3, -0.25) is 0 Å². The van der Waals surface area contributed by atoms with Gasteiger partial charge in [-0.25, -0.2) is 0 Å². The Morgan fingerprint density at radius 3 is 1.54 bits per heavy atom. The van der Waals surface area contributed by atoms with Crippen LogP contribution in [0.1, 0.15) is 0 Å². The van der Waals surface area contributed by atoms with Crippen molar-refractivity contribution in [1.29, 1.82) is 0 Å². The fourth-order valence-corrected chi connectivity index (χ4v) is 8.84. The minimum atomic E-state index is -3.11. The maximum Gasteiger partial charge on any atom is 0.171 e. The van der Waals surface area contributed by atoms with E-state index in [0.717, 1.165) is 43.4 Å². The van der Waals surface area contributed by atoms with Crippen molar-refractivity contribution in [2.75, 3.05) is 0 Å². The van der Waals surface area contributed by atoms with Crippen LogP contribution < -0.4 is 15.9 Å². The van der Waals surface area contributed by atoms with E-state index in [-0.39, 0.29) is 0 Å². The second kappa shape index (κ2) is 9.34. The highest BCUT2D eigenvalue weighted by Gasteiger charge is 2.30. The first kappa shape index (κ1) is 23.9. The predicted octanol–water partition coefficient (Wildman–Crippen LogP) is 9.20. The molecule has 0 unspecified atom stereocenters. The summed E-state index contributed by atoms with van der Waals surface area (Å²) in [7, 11) is -3.11. The van der Waals surface area contributed by atoms with Crippen molar-refractivity contribution in [1.82, 2.24) is 0 Å². The molecular weight excluding hydrogens is 519 g/mol. The van der Waals surface area contributed by atoms with E-state index < -0.39 is 7.14 Å². The average molecular weight is 545 g/mol. The lowest BCUT2D eigenvalue weighted by molar-refractivity contribution is 0.592. The van der Waals surface area contributed by atoms with Gasteiger partial charge >= 0.3 is 0 Å². The molecule has 3 heteroatoms. The summed E-state index contributed by atoms with van der Waals surface area (Å²) in [6.45, 7) is 0. The molecule has 194 valence electrons. The smallest absolute Gasteiger partial charge is 0.171 e. The summed E-state index contributed by atoms with van der Waals surface area (Å²) in [6, 6.07) is 51.5. The second-order valence-corrected chi connectivity index (χ2v) is 13.2. The monoisotopic (exact) mass is 544 g/mol. The summed E-state index contributed by atoms with van der Waals surface area (Å²) in [5, 5.41) is 9.29. The normalized spacial score (nSPS) is 12.0. The first-order valence-electron chi connectivity index (χ1n) is 13.8. The van der Waals surface area contributed by atoms with Crippen LogP contribution in [0.4, 0.5) is 0 Å². The van der Waals surface area contributed by atoms with Gasteiger partial charge < -0.3 is 8.98 Å². The maximum atomic E-state index is 15.1. The van der Waals surface area contributed by atoms with E-state index in [4.69, 9.17) is 4.42 Å². The number of hydrogen-bond acceptors (Lipinski definition) is 2. The van der Waals surface area contributed by atoms with Gasteiger partial charge in [0.15, 0.2) is 7.14 Å². The van der Waals surface area contributed by atoms with Gasteiger partial charge in [0, 0.05) is 26.7 Å². The van der Waals surface area contributed by atoms with Crippen molar-refractivity contribution in [2.24, 2.45) is 0 Å². The van der Waals surface area contributed by atoms with E-state index in [1.54, 1.807) is 0 Å². The van der Waals surface area contributed by atoms with Gasteiger partial charge in [0.1, 0.15) is 11.2 Å². The summed E-state index contributed by atoms with van der Waals surface area (Å²) in [5.74, 6) is 0. The Labute approximate surface area is 237 Å². The van der Waals surface area contributed by atoms with Crippen molar-refractivity contribution in [3.63, 3.8) is 0 Å². The Balaban J connectivity index is 1.39. The minimum Gasteiger partial charge on any atom is -0.456 e. The summed E-state index contributed by atoms with van der Waals surface area (Å²) < 4.78 is 21.4. The number of fused-ring (bicyclic) bond motifs is 5. The van der Waals surface area contributed by atoms with Gasteiger partial charge in [0.05, 0.1) is 0 Å². The fraction of sp³-hybridized carbons (Fsp3) is 0. The molecule has 0 saturated carbocycles. The van der Waals surface area contributed by atoms with Crippen LogP contribution in [-0.4, -0.2) is 0 Å². The molecule has 1 heterocycles. The summed E-state index contributed by atoms with van der Waals surface area (Å²) in [4.78, 5) is 0. The van der Waals surface area contributed by atoms with E-state index in [0.29, 0.717) is 0 Å². The fourth-order valence-electron chi connectivity index (χ4n) is 6.16. The molecule has 0 atom stereocenters. The van der Waals surface area contributed by atoms with E-state index in [2.05, 4.69) is 78.9 Å². The molecular formula is C38H25O2P. The first-order valence-corrected chi connectivity index (χ1v) is 15.5. The molecule has 41 heavy (non-hydrogen) atoms. The highest BCUT2D eigenvalue weighted by atomic mass is 31.2. The van der Waals surface area contributed by atoms with Crippen molar-refractivity contribution in [3.05, 3.63) is 152 Å². The topological polar surface area (TPSA) is 30.2 Å². The van der Waals surface area contributed by atoms with Crippen molar-refractivity contribution < 1.29 is 8.98 Å². The zero-order chi connectivity index (χ0) is 27.4. The van der Waals surface area contributed by atoms with E-state index in [1.165, 1.54) is 27.1 Å². The van der Waals surface area contributed by atoms with Crippen molar-refractivity contribution in [2.45, 2.75) is 0 Å². The second-order valence-electron chi connectivity index (χ2n) is 10.5. The molecule has 0 radical (unpaired) electrons. The lowest BCUT2D eigenvalue weighted by Gasteiger charge is -2.20. The van der Waals surface area contributed by atoms with Crippen LogP contribution in [0.25, 0.3) is 54.6 Å². The number of furan rings is 1. The molecule has 2 nitrogen and oxygen atoms in total. The number of benzene rings is 7. The van der Waals surface area contributed by atoms with Crippen LogP contribution in [0, 0.1) is 0 Å². The number of hydrogen-bond donors (Lipinski definition) is 0. The minimum absolute atomic E-state index is 0.788. The van der Waals surface area contributed by atoms with E-state index in [1.807, 2.05) is 72.8 Å². The largest absolute Gasteiger partial charge is 0.456 e. The lowest BCUT2D eigenvalue weighted by atomic mass is 9.91. The SMILES string of the molecule is O=P(c1ccccc1)(c1ccccc1)c1ccc2oc3ccc(-c4c5ccccc5cc5ccccc45)cc3c2c1. The lowest BCUT2D eigenvalue weighted by Crippen LogP contribution is -2.24. The summed E-state index contributed by atoms with van der Waals surface area (Å²) in [5.41, 5.74) is 3.95. The highest BCUT2D eigenvalue weighted by Crippen LogP contribution is 2.44. The number of rotatable bonds is 4. The Morgan fingerprint density at radius 1 is 0.415 bits per heavy atom. The molecule has 0 saturated heterocycles. The molecule has 0 N–H and O–H groups in total. The third-order valence-electron chi connectivity index (χ3n) is 8.12. The van der Waals surface area contributed by atoms with Crippen LogP contribution in [0.2, 0.25) is 0 Å². The highest BCUT2D eigenvalue weighted by molar-refractivity contribution is 7.85. The van der Waals surface area contributed by atoms with Crippen LogP contribution in [0.15, 0.2) is 156 Å². The van der Waals surface area contributed by atoms with Gasteiger partial charge in [-0.15, -0.1) is 0 Å². The van der Waals surface area contributed by atoms with Crippen LogP contribution in [0.3, 0.4) is 0 Å². The van der Waals surface area contributed by atoms with Gasteiger partial charge in [-0.2, -0.15) is 0 Å². The predicted molar refractivity (Wildman–Crippen MR) is 174 cm³/mol. The molecule has 8 aromatic rings. The third kappa shape index (κ3) is 3.76. The zero-order valence-electron chi connectivity index (χ0n) is 22.2. The molecule has 0 spiro atoms. The molecule has 8 rings (SSSR count). The van der Waals surface area contributed by atoms with Crippen LogP contribution in [0.5, 0.6) is 0 Å². The molecule has 0 aliphatic carbocycles. The van der Waals surface area contributed by atoms with Gasteiger partial charge in [-0.1, -0.05) is 115 Å². The van der Waals surface area contributed by atoms with Gasteiger partial charge in [0.25, 0.3) is 0 Å². The molecule has 0 amide bonds. The van der Waals surface area contributed by atoms with Crippen LogP contribution >= 0.6 is 7.14 Å². The summed E-state index contributed by atoms with van der Waals surface area (Å²) in [6.07, 6.45) is 0. The van der Waals surface area contributed by atoms with Crippen molar-refractivity contribution >= 4 is 66.5 Å². The Kier molecular flexibility index (Phi) is 5.45. The molecule has 1 aromatic heterocycles. The van der Waals surface area contributed by atoms with E-state index in [9.17, 15) is 0 Å². The Hall–Kier alpha value is -4.91. The zero-order valence-corrected chi connectivity index (χ0v) is 23.1. The van der Waals surface area contributed by atoms with Crippen molar-refractivity contribution in [3.8, 4) is 11.1 Å². The quantitative estimate of drug-likeness (QED) is 0.163. The van der Waals surface area contributed by atoms with Gasteiger partial charge in [0.2, 0.25) is 0 Å². The first-order chi connectivity index (χ1) is 20.2. The standard InChI is InChI=1S/C38H25O2P/c39-41(29-13-3-1-4-14-29,30-15-5-2-6-16-30)31-20-22-37-35(25-31)34-24-28(19-21-36(34)40-37)38-32-17-9-7-11-26(32)23-27-12-8-10-18-33(27)38/h1-25H. The van der Waals surface area contributed by atoms with E-state index >= 15 is 4.57 Å². The van der Waals surface area contributed by atoms with Crippen LogP contribution in [-0.2, 0) is 4.57 Å².